The number of aromatic nitrogens is 1. The average molecular weight is 303 g/mol. The lowest BCUT2D eigenvalue weighted by Gasteiger charge is -2.24. The first kappa shape index (κ1) is 15.6. The van der Waals surface area contributed by atoms with Gasteiger partial charge in [-0.05, 0) is 13.8 Å². The van der Waals surface area contributed by atoms with Gasteiger partial charge < -0.3 is 5.11 Å². The summed E-state index contributed by atoms with van der Waals surface area (Å²) in [4.78, 5) is 14.5. The van der Waals surface area contributed by atoms with E-state index < -0.39 is 21.7 Å². The zero-order chi connectivity index (χ0) is 14.6. The lowest BCUT2D eigenvalue weighted by Crippen LogP contribution is -2.37. The molecule has 9 heteroatoms. The van der Waals surface area contributed by atoms with Crippen molar-refractivity contribution in [3.63, 3.8) is 0 Å². The first-order valence-electron chi connectivity index (χ1n) is 5.38. The molecule has 0 spiro atoms. The number of carbonyl (C=O) groups is 1. The molecule has 0 fully saturated rings. The van der Waals surface area contributed by atoms with Crippen molar-refractivity contribution in [3.8, 4) is 6.07 Å². The monoisotopic (exact) mass is 303 g/mol. The maximum Gasteiger partial charge on any atom is 0.356 e. The fraction of sp³-hybridized carbons (Fsp3) is 0.500. The molecule has 0 bridgehead atoms. The minimum Gasteiger partial charge on any atom is -0.476 e. The van der Waals surface area contributed by atoms with Gasteiger partial charge in [0.1, 0.15) is 0 Å². The Balaban J connectivity index is 3.24. The van der Waals surface area contributed by atoms with E-state index in [0.29, 0.717) is 0 Å². The second-order valence-corrected chi connectivity index (χ2v) is 6.85. The second-order valence-electron chi connectivity index (χ2n) is 3.91. The number of carboxylic acids is 1. The summed E-state index contributed by atoms with van der Waals surface area (Å²) in [5.41, 5.74) is 0.701. The Kier molecular flexibility index (Phi) is 4.99. The van der Waals surface area contributed by atoms with Crippen LogP contribution in [-0.2, 0) is 10.0 Å². The molecule has 104 valence electrons. The van der Waals surface area contributed by atoms with Crippen LogP contribution in [0.3, 0.4) is 0 Å². The van der Waals surface area contributed by atoms with E-state index in [0.717, 1.165) is 15.6 Å². The van der Waals surface area contributed by atoms with E-state index >= 15 is 0 Å². The standard InChI is InChI=1S/C10H13N3O4S2/c1-7(2)13(5-3-4-11)19(16,17)10-8(9(14)15)12-6-18-10/h6-7H,3,5H2,1-2H3,(H,14,15). The third-order valence-electron chi connectivity index (χ3n) is 2.30. The van der Waals surface area contributed by atoms with E-state index in [2.05, 4.69) is 4.98 Å². The molecule has 0 aliphatic heterocycles. The van der Waals surface area contributed by atoms with E-state index in [1.165, 1.54) is 5.51 Å². The summed E-state index contributed by atoms with van der Waals surface area (Å²) >= 11 is 0.760. The van der Waals surface area contributed by atoms with Gasteiger partial charge in [-0.25, -0.2) is 18.2 Å². The Morgan fingerprint density at radius 2 is 2.26 bits per heavy atom. The summed E-state index contributed by atoms with van der Waals surface area (Å²) < 4.78 is 25.6. The van der Waals surface area contributed by atoms with Crippen LogP contribution < -0.4 is 0 Å². The number of thiazole rings is 1. The molecule has 1 aromatic rings. The van der Waals surface area contributed by atoms with Gasteiger partial charge in [0.2, 0.25) is 0 Å². The van der Waals surface area contributed by atoms with Crippen LogP contribution in [-0.4, -0.2) is 41.4 Å². The summed E-state index contributed by atoms with van der Waals surface area (Å²) in [6.07, 6.45) is 0.0403. The molecule has 0 aliphatic rings. The number of sulfonamides is 1. The number of hydrogen-bond acceptors (Lipinski definition) is 6. The average Bonchev–Trinajstić information content (AvgIpc) is 2.78. The van der Waals surface area contributed by atoms with Gasteiger partial charge in [0.25, 0.3) is 10.0 Å². The molecule has 0 unspecified atom stereocenters. The van der Waals surface area contributed by atoms with Crippen LogP contribution in [0.2, 0.25) is 0 Å². The summed E-state index contributed by atoms with van der Waals surface area (Å²) in [6.45, 7) is 3.35. The van der Waals surface area contributed by atoms with Crippen LogP contribution in [0.15, 0.2) is 9.72 Å². The Morgan fingerprint density at radius 3 is 2.74 bits per heavy atom. The number of rotatable bonds is 6. The zero-order valence-corrected chi connectivity index (χ0v) is 12.0. The van der Waals surface area contributed by atoms with Crippen LogP contribution in [0.4, 0.5) is 0 Å². The van der Waals surface area contributed by atoms with Crippen molar-refractivity contribution in [2.24, 2.45) is 0 Å². The Bertz CT molecular complexity index is 601. The van der Waals surface area contributed by atoms with Crippen molar-refractivity contribution >= 4 is 27.3 Å². The molecule has 1 N–H and O–H groups in total. The number of nitrogens with zero attached hydrogens (tertiary/aromatic N) is 3. The Labute approximate surface area is 115 Å². The highest BCUT2D eigenvalue weighted by Gasteiger charge is 2.32. The first-order valence-corrected chi connectivity index (χ1v) is 7.70. The topological polar surface area (TPSA) is 111 Å². The Hall–Kier alpha value is -1.50. The molecule has 0 saturated carbocycles. The van der Waals surface area contributed by atoms with E-state index in [9.17, 15) is 13.2 Å². The van der Waals surface area contributed by atoms with E-state index in [1.54, 1.807) is 13.8 Å². The SMILES string of the molecule is CC(C)N(CCC#N)S(=O)(=O)c1scnc1C(=O)O. The maximum absolute atomic E-state index is 12.4. The van der Waals surface area contributed by atoms with Crippen LogP contribution >= 0.6 is 11.3 Å². The second kappa shape index (κ2) is 6.10. The number of hydrogen-bond donors (Lipinski definition) is 1. The van der Waals surface area contributed by atoms with Crippen LogP contribution in [0, 0.1) is 11.3 Å². The van der Waals surface area contributed by atoms with E-state index in [-0.39, 0.29) is 23.2 Å². The third-order valence-corrected chi connectivity index (χ3v) is 5.72. The summed E-state index contributed by atoms with van der Waals surface area (Å²) in [5.74, 6) is -1.39. The van der Waals surface area contributed by atoms with E-state index in [1.807, 2.05) is 6.07 Å². The molecule has 0 atom stereocenters. The van der Waals surface area contributed by atoms with Gasteiger partial charge in [-0.2, -0.15) is 9.57 Å². The molecule has 0 amide bonds. The number of nitriles is 1. The van der Waals surface area contributed by atoms with Crippen molar-refractivity contribution in [3.05, 3.63) is 11.2 Å². The molecule has 0 aromatic carbocycles. The fourth-order valence-electron chi connectivity index (χ4n) is 1.48. The summed E-state index contributed by atoms with van der Waals surface area (Å²) in [6, 6.07) is 1.50. The van der Waals surface area contributed by atoms with Gasteiger partial charge in [0.15, 0.2) is 9.90 Å². The van der Waals surface area contributed by atoms with Gasteiger partial charge in [-0.3, -0.25) is 0 Å². The summed E-state index contributed by atoms with van der Waals surface area (Å²) in [7, 11) is -3.95. The Morgan fingerprint density at radius 1 is 1.63 bits per heavy atom. The maximum atomic E-state index is 12.4. The molecule has 7 nitrogen and oxygen atoms in total. The van der Waals surface area contributed by atoms with E-state index in [4.69, 9.17) is 10.4 Å². The predicted octanol–water partition coefficient (Wildman–Crippen LogP) is 1.15. The normalized spacial score (nSPS) is 11.7. The minimum absolute atomic E-state index is 0.0213. The van der Waals surface area contributed by atoms with Gasteiger partial charge in [0, 0.05) is 19.0 Å². The zero-order valence-electron chi connectivity index (χ0n) is 10.4. The van der Waals surface area contributed by atoms with Gasteiger partial charge in [-0.15, -0.1) is 11.3 Å². The van der Waals surface area contributed by atoms with Crippen molar-refractivity contribution in [2.45, 2.75) is 30.5 Å². The first-order chi connectivity index (χ1) is 8.82. The van der Waals surface area contributed by atoms with Crippen LogP contribution in [0.25, 0.3) is 0 Å². The molecule has 19 heavy (non-hydrogen) atoms. The third kappa shape index (κ3) is 3.28. The lowest BCUT2D eigenvalue weighted by molar-refractivity contribution is 0.0687. The molecule has 1 aromatic heterocycles. The largest absolute Gasteiger partial charge is 0.476 e. The van der Waals surface area contributed by atoms with Gasteiger partial charge in [-0.1, -0.05) is 0 Å². The molecule has 0 aliphatic carbocycles. The highest BCUT2D eigenvalue weighted by molar-refractivity contribution is 7.91. The highest BCUT2D eigenvalue weighted by atomic mass is 32.2. The fourth-order valence-corrected chi connectivity index (χ4v) is 4.38. The molecule has 0 radical (unpaired) electrons. The number of carboxylic acid groups (broad SMARTS) is 1. The van der Waals surface area contributed by atoms with Crippen molar-refractivity contribution in [1.82, 2.24) is 9.29 Å². The molecule has 0 saturated heterocycles. The highest BCUT2D eigenvalue weighted by Crippen LogP contribution is 2.25. The predicted molar refractivity (Wildman–Crippen MR) is 68.3 cm³/mol. The minimum atomic E-state index is -3.95. The van der Waals surface area contributed by atoms with Crippen LogP contribution in [0.1, 0.15) is 30.8 Å². The van der Waals surface area contributed by atoms with Gasteiger partial charge in [0.05, 0.1) is 11.6 Å². The smallest absolute Gasteiger partial charge is 0.356 e. The van der Waals surface area contributed by atoms with Crippen molar-refractivity contribution in [1.29, 1.82) is 5.26 Å². The molecular formula is C10H13N3O4S2. The lowest BCUT2D eigenvalue weighted by atomic mass is 10.3. The molecule has 1 heterocycles. The molecule has 1 rings (SSSR count). The molecular weight excluding hydrogens is 290 g/mol. The van der Waals surface area contributed by atoms with Crippen LogP contribution in [0.5, 0.6) is 0 Å². The van der Waals surface area contributed by atoms with Gasteiger partial charge >= 0.3 is 5.97 Å². The van der Waals surface area contributed by atoms with Crippen molar-refractivity contribution in [2.75, 3.05) is 6.54 Å². The summed E-state index contributed by atoms with van der Waals surface area (Å²) in [5, 5.41) is 17.5. The number of aromatic carboxylic acids is 1. The van der Waals surface area contributed by atoms with Crippen molar-refractivity contribution < 1.29 is 18.3 Å². The quantitative estimate of drug-likeness (QED) is 0.844.